The van der Waals surface area contributed by atoms with E-state index >= 15 is 0 Å². The van der Waals surface area contributed by atoms with Crippen LogP contribution in [0, 0.1) is 0 Å². The van der Waals surface area contributed by atoms with Crippen molar-refractivity contribution in [2.24, 2.45) is 0 Å². The van der Waals surface area contributed by atoms with Crippen molar-refractivity contribution < 1.29 is 29.3 Å². The summed E-state index contributed by atoms with van der Waals surface area (Å²) in [6, 6.07) is 21.2. The Kier molecular flexibility index (Phi) is 6.70. The first-order valence-corrected chi connectivity index (χ1v) is 12.3. The molecule has 0 aliphatic carbocycles. The summed E-state index contributed by atoms with van der Waals surface area (Å²) in [4.78, 5) is 28.6. The maximum absolute atomic E-state index is 13.6. The van der Waals surface area contributed by atoms with Gasteiger partial charge >= 0.3 is 0 Å². The number of ether oxygens (including phenoxy) is 2. The highest BCUT2D eigenvalue weighted by Crippen LogP contribution is 2.46. The van der Waals surface area contributed by atoms with Crippen LogP contribution in [0.5, 0.6) is 17.2 Å². The van der Waals surface area contributed by atoms with Gasteiger partial charge in [0.1, 0.15) is 11.5 Å². The van der Waals surface area contributed by atoms with E-state index in [2.05, 4.69) is 0 Å². The molecule has 1 amide bonds. The minimum Gasteiger partial charge on any atom is -0.507 e. The van der Waals surface area contributed by atoms with Gasteiger partial charge in [-0.3, -0.25) is 14.5 Å². The van der Waals surface area contributed by atoms with Crippen molar-refractivity contribution in [1.82, 2.24) is 0 Å². The third-order valence-electron chi connectivity index (χ3n) is 6.49. The summed E-state index contributed by atoms with van der Waals surface area (Å²) in [6.45, 7) is 2.08. The minimum atomic E-state index is -1.01. The molecule has 1 atom stereocenters. The summed E-state index contributed by atoms with van der Waals surface area (Å²) in [5.41, 5.74) is 1.13. The van der Waals surface area contributed by atoms with Gasteiger partial charge in [0.15, 0.2) is 11.5 Å². The molecule has 0 radical (unpaired) electrons. The number of anilines is 1. The molecule has 38 heavy (non-hydrogen) atoms. The lowest BCUT2D eigenvalue weighted by molar-refractivity contribution is -0.132. The van der Waals surface area contributed by atoms with Crippen LogP contribution in [0.4, 0.5) is 5.69 Å². The molecule has 0 saturated carbocycles. The molecule has 1 fully saturated rings. The fraction of sp³-hybridized carbons (Fsp3) is 0.133. The second-order valence-corrected chi connectivity index (χ2v) is 9.08. The zero-order valence-corrected chi connectivity index (χ0v) is 21.4. The van der Waals surface area contributed by atoms with Crippen molar-refractivity contribution in [2.75, 3.05) is 18.6 Å². The van der Waals surface area contributed by atoms with Crippen LogP contribution in [0.25, 0.3) is 16.5 Å². The second kappa shape index (κ2) is 10.1. The van der Waals surface area contributed by atoms with E-state index in [1.165, 1.54) is 24.1 Å². The standard InChI is InChI=1S/C30H24ClNO6/c1-3-38-25-15-18(12-14-23(25)33)27-26(28(34)19-11-13-21(31)24(16-19)37-2)29(35)30(36)32(27)22-10-6-8-17-7-4-5-9-20(17)22/h4-16,27,33-34H,3H2,1-2H3/b28-26+. The molecule has 0 spiro atoms. The number of aliphatic hydroxyl groups excluding tert-OH is 1. The van der Waals surface area contributed by atoms with E-state index in [9.17, 15) is 19.8 Å². The zero-order chi connectivity index (χ0) is 27.0. The van der Waals surface area contributed by atoms with E-state index in [0.29, 0.717) is 28.6 Å². The van der Waals surface area contributed by atoms with Crippen LogP contribution < -0.4 is 14.4 Å². The van der Waals surface area contributed by atoms with Crippen molar-refractivity contribution in [3.05, 3.63) is 101 Å². The molecule has 4 aromatic carbocycles. The number of aliphatic hydroxyl groups is 1. The Morgan fingerprint density at radius 2 is 1.74 bits per heavy atom. The Bertz CT molecular complexity index is 1610. The molecule has 2 N–H and O–H groups in total. The first-order chi connectivity index (χ1) is 18.3. The normalized spacial score (nSPS) is 16.7. The van der Waals surface area contributed by atoms with E-state index in [-0.39, 0.29) is 28.4 Å². The number of methoxy groups -OCH3 is 1. The Morgan fingerprint density at radius 1 is 0.974 bits per heavy atom. The molecule has 1 aliphatic heterocycles. The third kappa shape index (κ3) is 4.21. The summed E-state index contributed by atoms with van der Waals surface area (Å²) < 4.78 is 10.9. The van der Waals surface area contributed by atoms with E-state index in [1.54, 1.807) is 43.3 Å². The average Bonchev–Trinajstić information content (AvgIpc) is 3.19. The van der Waals surface area contributed by atoms with Gasteiger partial charge in [-0.1, -0.05) is 54.1 Å². The van der Waals surface area contributed by atoms with Crippen molar-refractivity contribution in [1.29, 1.82) is 0 Å². The number of aromatic hydroxyl groups is 1. The summed E-state index contributed by atoms with van der Waals surface area (Å²) in [5, 5.41) is 23.7. The first-order valence-electron chi connectivity index (χ1n) is 11.9. The van der Waals surface area contributed by atoms with E-state index in [1.807, 2.05) is 30.3 Å². The molecule has 4 aromatic rings. The first kappa shape index (κ1) is 25.2. The highest BCUT2D eigenvalue weighted by atomic mass is 35.5. The largest absolute Gasteiger partial charge is 0.507 e. The van der Waals surface area contributed by atoms with Crippen LogP contribution in [-0.2, 0) is 9.59 Å². The monoisotopic (exact) mass is 529 g/mol. The zero-order valence-electron chi connectivity index (χ0n) is 20.6. The van der Waals surface area contributed by atoms with Gasteiger partial charge in [-0.25, -0.2) is 0 Å². The molecular formula is C30H24ClNO6. The number of hydrogen-bond acceptors (Lipinski definition) is 6. The molecule has 1 heterocycles. The molecule has 8 heteroatoms. The fourth-order valence-electron chi connectivity index (χ4n) is 4.75. The Balaban J connectivity index is 1.79. The SMILES string of the molecule is CCOc1cc(C2/C(=C(\O)c3ccc(Cl)c(OC)c3)C(=O)C(=O)N2c2cccc3ccccc23)ccc1O. The van der Waals surface area contributed by atoms with E-state index in [4.69, 9.17) is 21.1 Å². The molecule has 0 aromatic heterocycles. The molecule has 192 valence electrons. The maximum atomic E-state index is 13.6. The minimum absolute atomic E-state index is 0.0832. The molecule has 0 bridgehead atoms. The molecule has 1 aliphatic rings. The number of carbonyl (C=O) groups excluding carboxylic acids is 2. The summed E-state index contributed by atoms with van der Waals surface area (Å²) in [6.07, 6.45) is 0. The van der Waals surface area contributed by atoms with Crippen molar-refractivity contribution in [3.8, 4) is 17.2 Å². The van der Waals surface area contributed by atoms with Crippen molar-refractivity contribution in [3.63, 3.8) is 0 Å². The number of ketones is 1. The van der Waals surface area contributed by atoms with Gasteiger partial charge in [0.2, 0.25) is 0 Å². The number of hydrogen-bond donors (Lipinski definition) is 2. The van der Waals surface area contributed by atoms with Crippen LogP contribution >= 0.6 is 11.6 Å². The van der Waals surface area contributed by atoms with Gasteiger partial charge < -0.3 is 19.7 Å². The van der Waals surface area contributed by atoms with E-state index in [0.717, 1.165) is 10.8 Å². The highest BCUT2D eigenvalue weighted by molar-refractivity contribution is 6.52. The lowest BCUT2D eigenvalue weighted by atomic mass is 9.94. The number of carbonyl (C=O) groups is 2. The smallest absolute Gasteiger partial charge is 0.300 e. The molecular weight excluding hydrogens is 506 g/mol. The van der Waals surface area contributed by atoms with Gasteiger partial charge in [-0.05, 0) is 54.3 Å². The number of amides is 1. The molecule has 7 nitrogen and oxygen atoms in total. The molecule has 5 rings (SSSR count). The van der Waals surface area contributed by atoms with Crippen LogP contribution in [0.1, 0.15) is 24.1 Å². The number of fused-ring (bicyclic) bond motifs is 1. The van der Waals surface area contributed by atoms with Crippen molar-refractivity contribution in [2.45, 2.75) is 13.0 Å². The van der Waals surface area contributed by atoms with Crippen LogP contribution in [0.2, 0.25) is 5.02 Å². The van der Waals surface area contributed by atoms with Crippen LogP contribution in [0.15, 0.2) is 84.4 Å². The lowest BCUT2D eigenvalue weighted by Crippen LogP contribution is -2.29. The van der Waals surface area contributed by atoms with Gasteiger partial charge in [-0.15, -0.1) is 0 Å². The fourth-order valence-corrected chi connectivity index (χ4v) is 4.94. The Morgan fingerprint density at radius 3 is 2.50 bits per heavy atom. The number of benzene rings is 4. The third-order valence-corrected chi connectivity index (χ3v) is 6.81. The highest BCUT2D eigenvalue weighted by Gasteiger charge is 2.47. The lowest BCUT2D eigenvalue weighted by Gasteiger charge is -2.27. The number of halogens is 1. The molecule has 1 unspecified atom stereocenters. The second-order valence-electron chi connectivity index (χ2n) is 8.68. The number of phenols is 1. The van der Waals surface area contributed by atoms with Crippen LogP contribution in [-0.4, -0.2) is 35.6 Å². The van der Waals surface area contributed by atoms with Crippen molar-refractivity contribution >= 4 is 45.5 Å². The Hall–Kier alpha value is -4.49. The molecule has 1 saturated heterocycles. The number of nitrogens with zero attached hydrogens (tertiary/aromatic N) is 1. The number of rotatable bonds is 6. The maximum Gasteiger partial charge on any atom is 0.300 e. The topological polar surface area (TPSA) is 96.3 Å². The van der Waals surface area contributed by atoms with Crippen LogP contribution in [0.3, 0.4) is 0 Å². The predicted octanol–water partition coefficient (Wildman–Crippen LogP) is 6.23. The number of Topliss-reactive ketones (excluding diaryl/α,β-unsaturated/α-hetero) is 1. The summed E-state index contributed by atoms with van der Waals surface area (Å²) in [7, 11) is 1.44. The number of phenolic OH excluding ortho intramolecular Hbond substituents is 1. The summed E-state index contributed by atoms with van der Waals surface area (Å²) in [5.74, 6) is -1.60. The quantitative estimate of drug-likeness (QED) is 0.174. The van der Waals surface area contributed by atoms with E-state index < -0.39 is 17.7 Å². The van der Waals surface area contributed by atoms with Gasteiger partial charge in [0.05, 0.1) is 36.0 Å². The average molecular weight is 530 g/mol. The van der Waals surface area contributed by atoms with Gasteiger partial charge in [0.25, 0.3) is 11.7 Å². The Labute approximate surface area is 224 Å². The van der Waals surface area contributed by atoms with Gasteiger partial charge in [0, 0.05) is 10.9 Å². The summed E-state index contributed by atoms with van der Waals surface area (Å²) >= 11 is 6.17. The van der Waals surface area contributed by atoms with Gasteiger partial charge in [-0.2, -0.15) is 0 Å². The predicted molar refractivity (Wildman–Crippen MR) is 146 cm³/mol.